The summed E-state index contributed by atoms with van der Waals surface area (Å²) in [6.07, 6.45) is 1.30. The van der Waals surface area contributed by atoms with E-state index in [9.17, 15) is 9.59 Å². The quantitative estimate of drug-likeness (QED) is 0.540. The van der Waals surface area contributed by atoms with Gasteiger partial charge in [0.05, 0.1) is 0 Å². The van der Waals surface area contributed by atoms with E-state index < -0.39 is 12.1 Å². The zero-order chi connectivity index (χ0) is 24.9. The number of nitrogens with zero attached hydrogens (tertiary/aromatic N) is 2. The van der Waals surface area contributed by atoms with Crippen molar-refractivity contribution in [3.63, 3.8) is 0 Å². The highest BCUT2D eigenvalue weighted by Crippen LogP contribution is 2.23. The van der Waals surface area contributed by atoms with Gasteiger partial charge in [-0.05, 0) is 47.4 Å². The summed E-state index contributed by atoms with van der Waals surface area (Å²) >= 11 is 6.07. The van der Waals surface area contributed by atoms with Crippen LogP contribution in [0.2, 0.25) is 5.02 Å². The molecule has 2 amide bonds. The van der Waals surface area contributed by atoms with Crippen LogP contribution in [0, 0.1) is 0 Å². The predicted molar refractivity (Wildman–Crippen MR) is 143 cm³/mol. The summed E-state index contributed by atoms with van der Waals surface area (Å²) in [5.41, 5.74) is 4.28. The summed E-state index contributed by atoms with van der Waals surface area (Å²) in [5, 5.41) is 7.07. The van der Waals surface area contributed by atoms with E-state index in [0.717, 1.165) is 42.9 Å². The number of fused-ring (bicyclic) bond motifs is 1. The van der Waals surface area contributed by atoms with Gasteiger partial charge in [0, 0.05) is 49.9 Å². The second-order valence-corrected chi connectivity index (χ2v) is 9.81. The van der Waals surface area contributed by atoms with Gasteiger partial charge in [-0.3, -0.25) is 9.59 Å². The highest BCUT2D eigenvalue weighted by molar-refractivity contribution is 6.30. The van der Waals surface area contributed by atoms with E-state index in [0.29, 0.717) is 24.5 Å². The third-order valence-electron chi connectivity index (χ3n) is 7.05. The molecule has 0 bridgehead atoms. The molecule has 0 saturated carbocycles. The number of benzene rings is 3. The lowest BCUT2D eigenvalue weighted by Gasteiger charge is -2.38. The topological polar surface area (TPSA) is 64.7 Å². The first-order chi connectivity index (χ1) is 17.6. The van der Waals surface area contributed by atoms with Crippen LogP contribution in [0.3, 0.4) is 0 Å². The largest absolute Gasteiger partial charge is 0.368 e. The lowest BCUT2D eigenvalue weighted by atomic mass is 9.93. The normalized spacial score (nSPS) is 18.3. The van der Waals surface area contributed by atoms with E-state index in [2.05, 4.69) is 33.7 Å². The SMILES string of the molecule is O=C(N[C@H](Cc1ccc(Cl)cc1)C(=O)N1CCN(c2ccccc2)CC1)C1NCCc2ccccc21. The smallest absolute Gasteiger partial charge is 0.245 e. The second-order valence-electron chi connectivity index (χ2n) is 9.38. The van der Waals surface area contributed by atoms with Gasteiger partial charge in [-0.2, -0.15) is 0 Å². The summed E-state index contributed by atoms with van der Waals surface area (Å²) in [5.74, 6) is -0.215. The number of halogens is 1. The van der Waals surface area contributed by atoms with E-state index in [1.807, 2.05) is 65.6 Å². The van der Waals surface area contributed by atoms with Crippen LogP contribution >= 0.6 is 11.6 Å². The molecule has 0 aromatic heterocycles. The van der Waals surface area contributed by atoms with Crippen LogP contribution in [-0.4, -0.2) is 55.5 Å². The molecular weight excluding hydrogens is 472 g/mol. The zero-order valence-corrected chi connectivity index (χ0v) is 21.0. The number of hydrogen-bond donors (Lipinski definition) is 2. The minimum Gasteiger partial charge on any atom is -0.368 e. The van der Waals surface area contributed by atoms with Crippen molar-refractivity contribution >= 4 is 29.1 Å². The summed E-state index contributed by atoms with van der Waals surface area (Å²) in [7, 11) is 0. The van der Waals surface area contributed by atoms with Crippen molar-refractivity contribution in [2.45, 2.75) is 24.9 Å². The van der Waals surface area contributed by atoms with Crippen LogP contribution in [0.25, 0.3) is 0 Å². The van der Waals surface area contributed by atoms with Crippen LogP contribution < -0.4 is 15.5 Å². The van der Waals surface area contributed by atoms with Gasteiger partial charge in [0.15, 0.2) is 0 Å². The van der Waals surface area contributed by atoms with Crippen LogP contribution in [0.1, 0.15) is 22.7 Å². The fourth-order valence-electron chi connectivity index (χ4n) is 5.09. The van der Waals surface area contributed by atoms with Gasteiger partial charge in [-0.25, -0.2) is 0 Å². The molecule has 6 nitrogen and oxygen atoms in total. The van der Waals surface area contributed by atoms with Gasteiger partial charge >= 0.3 is 0 Å². The molecule has 2 atom stereocenters. The summed E-state index contributed by atoms with van der Waals surface area (Å²) in [6.45, 7) is 3.48. The first-order valence-electron chi connectivity index (χ1n) is 12.5. The standard InChI is InChI=1S/C29H31ClN4O2/c30-23-12-10-21(11-13-23)20-26(32-28(35)27-25-9-5-4-6-22(25)14-15-31-27)29(36)34-18-16-33(17-19-34)24-7-2-1-3-8-24/h1-13,26-27,31H,14-20H2,(H,32,35)/t26-,27?/m1/s1. The van der Waals surface area contributed by atoms with E-state index in [1.165, 1.54) is 5.56 Å². The number of carbonyl (C=O) groups is 2. The molecule has 36 heavy (non-hydrogen) atoms. The molecule has 5 rings (SSSR count). The number of nitrogens with one attached hydrogen (secondary N) is 2. The first-order valence-corrected chi connectivity index (χ1v) is 12.9. The average molecular weight is 503 g/mol. The molecule has 1 saturated heterocycles. The van der Waals surface area contributed by atoms with E-state index in [-0.39, 0.29) is 11.8 Å². The zero-order valence-electron chi connectivity index (χ0n) is 20.2. The third-order valence-corrected chi connectivity index (χ3v) is 7.30. The number of carbonyl (C=O) groups excluding carboxylic acids is 2. The van der Waals surface area contributed by atoms with Crippen molar-refractivity contribution < 1.29 is 9.59 Å². The number of anilines is 1. The fraction of sp³-hybridized carbons (Fsp3) is 0.310. The van der Waals surface area contributed by atoms with Gasteiger partial charge in [-0.15, -0.1) is 0 Å². The molecule has 2 N–H and O–H groups in total. The van der Waals surface area contributed by atoms with Crippen molar-refractivity contribution in [2.24, 2.45) is 0 Å². The molecule has 0 spiro atoms. The minimum atomic E-state index is -0.655. The monoisotopic (exact) mass is 502 g/mol. The maximum atomic E-state index is 13.7. The average Bonchev–Trinajstić information content (AvgIpc) is 2.93. The third kappa shape index (κ3) is 5.55. The van der Waals surface area contributed by atoms with Crippen LogP contribution in [0.4, 0.5) is 5.69 Å². The summed E-state index contributed by atoms with van der Waals surface area (Å²) in [4.78, 5) is 31.4. The van der Waals surface area contributed by atoms with Crippen LogP contribution in [-0.2, 0) is 22.4 Å². The minimum absolute atomic E-state index is 0.0462. The predicted octanol–water partition coefficient (Wildman–Crippen LogP) is 3.60. The molecular formula is C29H31ClN4O2. The Morgan fingerprint density at radius 3 is 2.36 bits per heavy atom. The molecule has 0 aliphatic carbocycles. The molecule has 2 aliphatic rings. The molecule has 3 aromatic carbocycles. The van der Waals surface area contributed by atoms with Crippen molar-refractivity contribution in [2.75, 3.05) is 37.6 Å². The van der Waals surface area contributed by atoms with Crippen LogP contribution in [0.15, 0.2) is 78.9 Å². The van der Waals surface area contributed by atoms with Crippen molar-refractivity contribution in [3.05, 3.63) is 101 Å². The maximum absolute atomic E-state index is 13.7. The number of amides is 2. The van der Waals surface area contributed by atoms with Crippen molar-refractivity contribution in [3.8, 4) is 0 Å². The lowest BCUT2D eigenvalue weighted by molar-refractivity contribution is -0.137. The molecule has 0 radical (unpaired) electrons. The Morgan fingerprint density at radius 1 is 0.917 bits per heavy atom. The Morgan fingerprint density at radius 2 is 1.61 bits per heavy atom. The Labute approximate surface area is 217 Å². The lowest BCUT2D eigenvalue weighted by Crippen LogP contribution is -2.57. The number of hydrogen-bond acceptors (Lipinski definition) is 4. The van der Waals surface area contributed by atoms with Gasteiger partial charge < -0.3 is 20.4 Å². The molecule has 7 heteroatoms. The van der Waals surface area contributed by atoms with Crippen molar-refractivity contribution in [1.29, 1.82) is 0 Å². The fourth-order valence-corrected chi connectivity index (χ4v) is 5.22. The number of para-hydroxylation sites is 1. The molecule has 1 unspecified atom stereocenters. The highest BCUT2D eigenvalue weighted by atomic mass is 35.5. The van der Waals surface area contributed by atoms with E-state index >= 15 is 0 Å². The summed E-state index contributed by atoms with van der Waals surface area (Å²) in [6, 6.07) is 24.6. The molecule has 2 heterocycles. The first kappa shape index (κ1) is 24.3. The van der Waals surface area contributed by atoms with Gasteiger partial charge in [0.1, 0.15) is 12.1 Å². The Hall–Kier alpha value is -3.35. The summed E-state index contributed by atoms with van der Waals surface area (Å²) < 4.78 is 0. The molecule has 186 valence electrons. The van der Waals surface area contributed by atoms with Gasteiger partial charge in [0.2, 0.25) is 11.8 Å². The Kier molecular flexibility index (Phi) is 7.54. The maximum Gasteiger partial charge on any atom is 0.245 e. The molecule has 2 aliphatic heterocycles. The van der Waals surface area contributed by atoms with E-state index in [4.69, 9.17) is 11.6 Å². The van der Waals surface area contributed by atoms with Gasteiger partial charge in [-0.1, -0.05) is 66.2 Å². The number of piperazine rings is 1. The van der Waals surface area contributed by atoms with Crippen molar-refractivity contribution in [1.82, 2.24) is 15.5 Å². The molecule has 3 aromatic rings. The van der Waals surface area contributed by atoms with E-state index in [1.54, 1.807) is 0 Å². The Bertz CT molecular complexity index is 1190. The Balaban J connectivity index is 1.31. The molecule has 1 fully saturated rings. The highest BCUT2D eigenvalue weighted by Gasteiger charge is 2.32. The van der Waals surface area contributed by atoms with Crippen LogP contribution in [0.5, 0.6) is 0 Å². The second kappa shape index (κ2) is 11.1. The number of rotatable bonds is 6. The van der Waals surface area contributed by atoms with Gasteiger partial charge in [0.25, 0.3) is 0 Å².